The molecule has 128 valence electrons. The number of aryl methyl sites for hydroxylation is 2. The molecule has 1 saturated carbocycles. The average Bonchev–Trinajstić information content (AvgIpc) is 3.03. The number of nitrogens with one attached hydrogen (secondary N) is 1. The predicted molar refractivity (Wildman–Crippen MR) is 98.1 cm³/mol. The summed E-state index contributed by atoms with van der Waals surface area (Å²) in [6.45, 7) is 0. The van der Waals surface area contributed by atoms with Crippen molar-refractivity contribution >= 4 is 33.7 Å². The number of aromatic nitrogens is 2. The number of hydrogen-bond donors (Lipinski definition) is 1. The zero-order valence-electron chi connectivity index (χ0n) is 13.6. The van der Waals surface area contributed by atoms with Gasteiger partial charge in [-0.1, -0.05) is 11.2 Å². The monoisotopic (exact) mass is 371 g/mol. The van der Waals surface area contributed by atoms with Crippen LogP contribution in [-0.2, 0) is 23.1 Å². The maximum atomic E-state index is 12.9. The summed E-state index contributed by atoms with van der Waals surface area (Å²) >= 11 is 3.22. The van der Waals surface area contributed by atoms with Crippen LogP contribution < -0.4 is 5.32 Å². The van der Waals surface area contributed by atoms with Gasteiger partial charge in [0.25, 0.3) is 0 Å². The molecular weight excluding hydrogens is 354 g/mol. The van der Waals surface area contributed by atoms with Crippen LogP contribution in [-0.4, -0.2) is 16.0 Å². The Hall–Kier alpha value is -1.99. The number of thiazole rings is 1. The summed E-state index contributed by atoms with van der Waals surface area (Å²) in [4.78, 5) is 19.9. The molecular formula is C18H17N3O2S2. The van der Waals surface area contributed by atoms with Crippen molar-refractivity contribution in [3.05, 3.63) is 39.8 Å². The zero-order chi connectivity index (χ0) is 16.9. The third kappa shape index (κ3) is 2.62. The molecule has 2 aliphatic carbocycles. The van der Waals surface area contributed by atoms with Gasteiger partial charge in [-0.25, -0.2) is 4.98 Å². The van der Waals surface area contributed by atoms with Crippen molar-refractivity contribution < 1.29 is 9.32 Å². The van der Waals surface area contributed by atoms with Gasteiger partial charge in [-0.05, 0) is 50.0 Å². The first-order chi connectivity index (χ1) is 12.2. The lowest BCUT2D eigenvalue weighted by Crippen LogP contribution is -2.28. The maximum absolute atomic E-state index is 12.9. The average molecular weight is 371 g/mol. The number of amides is 1. The molecule has 3 aromatic rings. The molecule has 2 aliphatic rings. The third-order valence-corrected chi connectivity index (χ3v) is 6.97. The molecule has 1 amide bonds. The van der Waals surface area contributed by atoms with Crippen molar-refractivity contribution in [2.75, 3.05) is 5.32 Å². The fourth-order valence-electron chi connectivity index (χ4n) is 3.38. The second-order valence-corrected chi connectivity index (χ2v) is 8.72. The van der Waals surface area contributed by atoms with E-state index in [1.807, 2.05) is 23.6 Å². The molecule has 0 saturated heterocycles. The minimum Gasteiger partial charge on any atom is -0.355 e. The van der Waals surface area contributed by atoms with E-state index >= 15 is 0 Å². The highest BCUT2D eigenvalue weighted by atomic mass is 32.1. The highest BCUT2D eigenvalue weighted by Crippen LogP contribution is 2.49. The molecule has 0 aliphatic heterocycles. The van der Waals surface area contributed by atoms with Crippen LogP contribution in [0.25, 0.3) is 10.6 Å². The summed E-state index contributed by atoms with van der Waals surface area (Å²) in [5, 5.41) is 9.95. The summed E-state index contributed by atoms with van der Waals surface area (Å²) in [5.74, 6) is 0.721. The molecule has 0 bridgehead atoms. The van der Waals surface area contributed by atoms with Gasteiger partial charge in [0.05, 0.1) is 21.7 Å². The van der Waals surface area contributed by atoms with Crippen LogP contribution in [0.2, 0.25) is 0 Å². The first-order valence-electron chi connectivity index (χ1n) is 8.56. The van der Waals surface area contributed by atoms with Gasteiger partial charge in [-0.3, -0.25) is 4.79 Å². The lowest BCUT2D eigenvalue weighted by atomic mass is 10.0. The highest BCUT2D eigenvalue weighted by Gasteiger charge is 2.54. The van der Waals surface area contributed by atoms with Crippen molar-refractivity contribution in [1.29, 1.82) is 0 Å². The smallest absolute Gasteiger partial charge is 0.238 e. The second-order valence-electron chi connectivity index (χ2n) is 6.69. The van der Waals surface area contributed by atoms with Crippen LogP contribution in [0.1, 0.15) is 41.9 Å². The molecule has 3 heterocycles. The molecule has 0 aromatic carbocycles. The van der Waals surface area contributed by atoms with Gasteiger partial charge < -0.3 is 9.84 Å². The minimum atomic E-state index is -0.550. The molecule has 5 nitrogen and oxygen atoms in total. The van der Waals surface area contributed by atoms with E-state index in [1.54, 1.807) is 22.7 Å². The van der Waals surface area contributed by atoms with Crippen molar-refractivity contribution in [2.24, 2.45) is 0 Å². The Kier molecular flexibility index (Phi) is 3.53. The van der Waals surface area contributed by atoms with Crippen molar-refractivity contribution in [3.63, 3.8) is 0 Å². The van der Waals surface area contributed by atoms with E-state index in [1.165, 1.54) is 17.7 Å². The summed E-state index contributed by atoms with van der Waals surface area (Å²) in [6, 6.07) is 5.88. The largest absolute Gasteiger partial charge is 0.355 e. The van der Waals surface area contributed by atoms with E-state index in [-0.39, 0.29) is 5.91 Å². The van der Waals surface area contributed by atoms with E-state index in [0.717, 1.165) is 52.8 Å². The number of hydrogen-bond acceptors (Lipinski definition) is 6. The van der Waals surface area contributed by atoms with Crippen LogP contribution in [0.4, 0.5) is 5.13 Å². The fourth-order valence-corrected chi connectivity index (χ4v) is 5.10. The SMILES string of the molecule is O=C(Nc1nc2c(s1)CCCC2)C1(c2cc(-c3cccs3)on2)CC1. The lowest BCUT2D eigenvalue weighted by Gasteiger charge is -2.10. The number of anilines is 1. The minimum absolute atomic E-state index is 0.00961. The number of carbonyl (C=O) groups is 1. The second kappa shape index (κ2) is 5.78. The molecule has 5 rings (SSSR count). The molecule has 1 fully saturated rings. The Balaban J connectivity index is 1.37. The summed E-state index contributed by atoms with van der Waals surface area (Å²) in [6.07, 6.45) is 6.14. The number of nitrogens with zero attached hydrogens (tertiary/aromatic N) is 2. The Labute approximate surface area is 153 Å². The Morgan fingerprint density at radius 2 is 2.16 bits per heavy atom. The Morgan fingerprint density at radius 1 is 1.28 bits per heavy atom. The van der Waals surface area contributed by atoms with Crippen molar-refractivity contribution in [1.82, 2.24) is 10.1 Å². The van der Waals surface area contributed by atoms with Crippen LogP contribution >= 0.6 is 22.7 Å². The van der Waals surface area contributed by atoms with E-state index in [0.29, 0.717) is 0 Å². The molecule has 0 radical (unpaired) electrons. The summed E-state index contributed by atoms with van der Waals surface area (Å²) < 4.78 is 5.47. The Bertz CT molecular complexity index is 899. The van der Waals surface area contributed by atoms with Crippen molar-refractivity contribution in [2.45, 2.75) is 43.9 Å². The van der Waals surface area contributed by atoms with Crippen LogP contribution in [0.15, 0.2) is 28.1 Å². The van der Waals surface area contributed by atoms with E-state index in [4.69, 9.17) is 4.52 Å². The van der Waals surface area contributed by atoms with Gasteiger partial charge in [0.2, 0.25) is 5.91 Å². The summed E-state index contributed by atoms with van der Waals surface area (Å²) in [5.41, 5.74) is 1.35. The van der Waals surface area contributed by atoms with E-state index < -0.39 is 5.41 Å². The van der Waals surface area contributed by atoms with Gasteiger partial charge in [0.15, 0.2) is 10.9 Å². The summed E-state index contributed by atoms with van der Waals surface area (Å²) in [7, 11) is 0. The van der Waals surface area contributed by atoms with Crippen LogP contribution in [0, 0.1) is 0 Å². The number of fused-ring (bicyclic) bond motifs is 1. The van der Waals surface area contributed by atoms with Crippen molar-refractivity contribution in [3.8, 4) is 10.6 Å². The zero-order valence-corrected chi connectivity index (χ0v) is 15.2. The number of rotatable bonds is 4. The highest BCUT2D eigenvalue weighted by molar-refractivity contribution is 7.16. The molecule has 7 heteroatoms. The Morgan fingerprint density at radius 3 is 2.92 bits per heavy atom. The standard InChI is InChI=1S/C18H17N3O2S2/c22-16(20-17-19-11-4-1-2-5-13(11)25-17)18(7-8-18)15-10-12(23-21-15)14-6-3-9-24-14/h3,6,9-10H,1-2,4-5,7-8H2,(H,19,20,22). The first kappa shape index (κ1) is 15.3. The van der Waals surface area contributed by atoms with Gasteiger partial charge in [-0.15, -0.1) is 22.7 Å². The van der Waals surface area contributed by atoms with Crippen LogP contribution in [0.5, 0.6) is 0 Å². The third-order valence-electron chi connectivity index (χ3n) is 5.02. The quantitative estimate of drug-likeness (QED) is 0.738. The fraction of sp³-hybridized carbons (Fsp3) is 0.389. The topological polar surface area (TPSA) is 68.0 Å². The van der Waals surface area contributed by atoms with Gasteiger partial charge in [-0.2, -0.15) is 0 Å². The normalized spacial score (nSPS) is 17.9. The number of thiophene rings is 1. The predicted octanol–water partition coefficient (Wildman–Crippen LogP) is 4.41. The molecule has 0 spiro atoms. The van der Waals surface area contributed by atoms with Gasteiger partial charge in [0.1, 0.15) is 0 Å². The molecule has 3 aromatic heterocycles. The first-order valence-corrected chi connectivity index (χ1v) is 10.3. The van der Waals surface area contributed by atoms with E-state index in [9.17, 15) is 4.79 Å². The molecule has 0 unspecified atom stereocenters. The van der Waals surface area contributed by atoms with Gasteiger partial charge >= 0.3 is 0 Å². The lowest BCUT2D eigenvalue weighted by molar-refractivity contribution is -0.118. The molecule has 25 heavy (non-hydrogen) atoms. The van der Waals surface area contributed by atoms with E-state index in [2.05, 4.69) is 15.5 Å². The number of carbonyl (C=O) groups excluding carboxylic acids is 1. The molecule has 0 atom stereocenters. The maximum Gasteiger partial charge on any atom is 0.238 e. The van der Waals surface area contributed by atoms with Gasteiger partial charge in [0, 0.05) is 10.9 Å². The van der Waals surface area contributed by atoms with Crippen LogP contribution in [0.3, 0.4) is 0 Å². The molecule has 1 N–H and O–H groups in total.